The van der Waals surface area contributed by atoms with Crippen LogP contribution in [0.1, 0.15) is 0 Å². The fourth-order valence-electron chi connectivity index (χ4n) is 2.40. The van der Waals surface area contributed by atoms with Gasteiger partial charge in [-0.2, -0.15) is 0 Å². The zero-order valence-electron chi connectivity index (χ0n) is 12.4. The first-order chi connectivity index (χ1) is 11.1. The maximum absolute atomic E-state index is 12.7. The minimum absolute atomic E-state index is 0.255. The van der Waals surface area contributed by atoms with Crippen molar-refractivity contribution in [2.45, 2.75) is 0 Å². The SMILES string of the molecule is COc1cc(-n2c(=O)[nH]c3ccccc3c2=O)c(OC)cc1Cl. The van der Waals surface area contributed by atoms with E-state index in [-0.39, 0.29) is 5.69 Å². The summed E-state index contributed by atoms with van der Waals surface area (Å²) in [6.07, 6.45) is 0. The Bertz CT molecular complexity index is 1010. The first-order valence-electron chi connectivity index (χ1n) is 6.72. The van der Waals surface area contributed by atoms with E-state index in [4.69, 9.17) is 21.1 Å². The fraction of sp³-hybridized carbons (Fsp3) is 0.125. The monoisotopic (exact) mass is 332 g/mol. The molecule has 0 aliphatic heterocycles. The molecule has 0 radical (unpaired) electrons. The number of nitrogens with zero attached hydrogens (tertiary/aromatic N) is 1. The molecule has 118 valence electrons. The zero-order chi connectivity index (χ0) is 16.6. The largest absolute Gasteiger partial charge is 0.495 e. The molecule has 1 heterocycles. The molecule has 0 saturated heterocycles. The average Bonchev–Trinajstić information content (AvgIpc) is 2.55. The summed E-state index contributed by atoms with van der Waals surface area (Å²) in [7, 11) is 2.88. The van der Waals surface area contributed by atoms with Gasteiger partial charge in [0.05, 0.1) is 35.8 Å². The van der Waals surface area contributed by atoms with Crippen LogP contribution in [0, 0.1) is 0 Å². The Labute approximate surface area is 135 Å². The number of benzene rings is 2. The summed E-state index contributed by atoms with van der Waals surface area (Å²) in [5, 5.41) is 0.710. The van der Waals surface area contributed by atoms with E-state index in [0.29, 0.717) is 27.4 Å². The van der Waals surface area contributed by atoms with Crippen LogP contribution >= 0.6 is 11.6 Å². The lowest BCUT2D eigenvalue weighted by Crippen LogP contribution is -2.33. The van der Waals surface area contributed by atoms with Gasteiger partial charge >= 0.3 is 5.69 Å². The summed E-state index contributed by atoms with van der Waals surface area (Å²) in [4.78, 5) is 27.8. The topological polar surface area (TPSA) is 73.3 Å². The lowest BCUT2D eigenvalue weighted by atomic mass is 10.2. The molecule has 0 amide bonds. The van der Waals surface area contributed by atoms with Crippen molar-refractivity contribution in [2.75, 3.05) is 14.2 Å². The van der Waals surface area contributed by atoms with Crippen LogP contribution in [-0.4, -0.2) is 23.8 Å². The summed E-state index contributed by atoms with van der Waals surface area (Å²) in [5.41, 5.74) is -0.298. The van der Waals surface area contributed by atoms with E-state index in [0.717, 1.165) is 4.57 Å². The third-order valence-electron chi connectivity index (χ3n) is 3.50. The summed E-state index contributed by atoms with van der Waals surface area (Å²) in [5.74, 6) is 0.626. The van der Waals surface area contributed by atoms with E-state index < -0.39 is 11.2 Å². The van der Waals surface area contributed by atoms with Crippen LogP contribution < -0.4 is 20.7 Å². The first kappa shape index (κ1) is 15.2. The number of aromatic nitrogens is 2. The van der Waals surface area contributed by atoms with Crippen LogP contribution in [-0.2, 0) is 0 Å². The van der Waals surface area contributed by atoms with Gasteiger partial charge in [-0.1, -0.05) is 23.7 Å². The minimum Gasteiger partial charge on any atom is -0.495 e. The molecule has 0 spiro atoms. The van der Waals surface area contributed by atoms with Crippen LogP contribution in [0.5, 0.6) is 11.5 Å². The number of ether oxygens (including phenoxy) is 2. The van der Waals surface area contributed by atoms with Gasteiger partial charge in [-0.15, -0.1) is 0 Å². The van der Waals surface area contributed by atoms with Gasteiger partial charge in [-0.25, -0.2) is 9.36 Å². The molecule has 6 nitrogen and oxygen atoms in total. The number of hydrogen-bond donors (Lipinski definition) is 1. The Morgan fingerprint density at radius 1 is 1.04 bits per heavy atom. The molecule has 0 aliphatic rings. The molecule has 0 atom stereocenters. The third kappa shape index (κ3) is 2.47. The Morgan fingerprint density at radius 3 is 2.43 bits per heavy atom. The highest BCUT2D eigenvalue weighted by atomic mass is 35.5. The summed E-state index contributed by atoms with van der Waals surface area (Å²) < 4.78 is 11.4. The molecule has 0 unspecified atom stereocenters. The van der Waals surface area contributed by atoms with Crippen molar-refractivity contribution in [3.05, 3.63) is 62.3 Å². The van der Waals surface area contributed by atoms with Crippen LogP contribution in [0.25, 0.3) is 16.6 Å². The van der Waals surface area contributed by atoms with Crippen molar-refractivity contribution < 1.29 is 9.47 Å². The molecule has 2 aromatic carbocycles. The van der Waals surface area contributed by atoms with E-state index >= 15 is 0 Å². The number of halogens is 1. The number of rotatable bonds is 3. The van der Waals surface area contributed by atoms with Crippen molar-refractivity contribution in [2.24, 2.45) is 0 Å². The van der Waals surface area contributed by atoms with E-state index in [1.165, 1.54) is 26.4 Å². The van der Waals surface area contributed by atoms with Gasteiger partial charge in [-0.3, -0.25) is 4.79 Å². The molecule has 0 aliphatic carbocycles. The standard InChI is InChI=1S/C16H13ClN2O4/c1-22-13-8-12(14(23-2)7-10(13)17)19-15(20)9-5-3-4-6-11(9)18-16(19)21/h3-8H,1-2H3,(H,18,21). The molecule has 3 aromatic rings. The van der Waals surface area contributed by atoms with Gasteiger partial charge in [0, 0.05) is 12.1 Å². The molecule has 0 fully saturated rings. The minimum atomic E-state index is -0.573. The summed E-state index contributed by atoms with van der Waals surface area (Å²) in [6, 6.07) is 9.77. The molecule has 1 aromatic heterocycles. The van der Waals surface area contributed by atoms with Crippen molar-refractivity contribution in [3.63, 3.8) is 0 Å². The van der Waals surface area contributed by atoms with Gasteiger partial charge in [-0.05, 0) is 12.1 Å². The van der Waals surface area contributed by atoms with Crippen molar-refractivity contribution >= 4 is 22.5 Å². The second kappa shape index (κ2) is 5.81. The lowest BCUT2D eigenvalue weighted by Gasteiger charge is -2.13. The molecule has 3 rings (SSSR count). The number of nitrogens with one attached hydrogen (secondary N) is 1. The van der Waals surface area contributed by atoms with Gasteiger partial charge in [0.15, 0.2) is 0 Å². The predicted molar refractivity (Wildman–Crippen MR) is 88.3 cm³/mol. The van der Waals surface area contributed by atoms with Crippen LogP contribution in [0.2, 0.25) is 5.02 Å². The zero-order valence-corrected chi connectivity index (χ0v) is 13.2. The number of fused-ring (bicyclic) bond motifs is 1. The molecule has 0 saturated carbocycles. The smallest absolute Gasteiger partial charge is 0.333 e. The molecule has 0 bridgehead atoms. The maximum atomic E-state index is 12.7. The Morgan fingerprint density at radius 2 is 1.74 bits per heavy atom. The van der Waals surface area contributed by atoms with Crippen LogP contribution in [0.15, 0.2) is 46.0 Å². The van der Waals surface area contributed by atoms with Gasteiger partial charge in [0.1, 0.15) is 11.5 Å². The Hall–Kier alpha value is -2.73. The van der Waals surface area contributed by atoms with Crippen molar-refractivity contribution in [1.82, 2.24) is 9.55 Å². The van der Waals surface area contributed by atoms with E-state index in [1.807, 2.05) is 0 Å². The van der Waals surface area contributed by atoms with E-state index in [2.05, 4.69) is 4.98 Å². The van der Waals surface area contributed by atoms with Gasteiger partial charge in [0.2, 0.25) is 0 Å². The lowest BCUT2D eigenvalue weighted by molar-refractivity contribution is 0.401. The second-order valence-electron chi connectivity index (χ2n) is 4.77. The first-order valence-corrected chi connectivity index (χ1v) is 7.10. The molecule has 23 heavy (non-hydrogen) atoms. The van der Waals surface area contributed by atoms with Gasteiger partial charge in [0.25, 0.3) is 5.56 Å². The normalized spacial score (nSPS) is 10.7. The maximum Gasteiger partial charge on any atom is 0.333 e. The van der Waals surface area contributed by atoms with E-state index in [9.17, 15) is 9.59 Å². The number of para-hydroxylation sites is 1. The molecular formula is C16H13ClN2O4. The van der Waals surface area contributed by atoms with Gasteiger partial charge < -0.3 is 14.5 Å². The fourth-order valence-corrected chi connectivity index (χ4v) is 2.63. The number of methoxy groups -OCH3 is 2. The Kier molecular flexibility index (Phi) is 3.83. The van der Waals surface area contributed by atoms with Crippen LogP contribution in [0.3, 0.4) is 0 Å². The average molecular weight is 333 g/mol. The van der Waals surface area contributed by atoms with Crippen molar-refractivity contribution in [3.8, 4) is 17.2 Å². The number of hydrogen-bond acceptors (Lipinski definition) is 4. The quantitative estimate of drug-likeness (QED) is 0.799. The van der Waals surface area contributed by atoms with Crippen molar-refractivity contribution in [1.29, 1.82) is 0 Å². The highest BCUT2D eigenvalue weighted by Gasteiger charge is 2.16. The molecule has 7 heteroatoms. The third-order valence-corrected chi connectivity index (χ3v) is 3.79. The van der Waals surface area contributed by atoms with Crippen LogP contribution in [0.4, 0.5) is 0 Å². The molecular weight excluding hydrogens is 320 g/mol. The Balaban J connectivity index is 2.42. The molecule has 1 N–H and O–H groups in total. The summed E-state index contributed by atoms with van der Waals surface area (Å²) in [6.45, 7) is 0. The highest BCUT2D eigenvalue weighted by molar-refractivity contribution is 6.32. The summed E-state index contributed by atoms with van der Waals surface area (Å²) >= 11 is 6.06. The second-order valence-corrected chi connectivity index (χ2v) is 5.18. The predicted octanol–water partition coefficient (Wildman–Crippen LogP) is 2.35. The highest BCUT2D eigenvalue weighted by Crippen LogP contribution is 2.33. The number of H-pyrrole nitrogens is 1. The van der Waals surface area contributed by atoms with E-state index in [1.54, 1.807) is 24.3 Å². The number of aromatic amines is 1.